The fourth-order valence-electron chi connectivity index (χ4n) is 1.95. The molecule has 10 heteroatoms. The Morgan fingerprint density at radius 1 is 1.16 bits per heavy atom. The van der Waals surface area contributed by atoms with Crippen LogP contribution in [0.4, 0.5) is 17.6 Å². The number of thioether (sulfide) groups is 1. The summed E-state index contributed by atoms with van der Waals surface area (Å²) < 4.78 is 10.4. The first-order valence-electron chi connectivity index (χ1n) is 7.33. The van der Waals surface area contributed by atoms with Gasteiger partial charge in [0.15, 0.2) is 11.5 Å². The Morgan fingerprint density at radius 2 is 1.80 bits per heavy atom. The number of methoxy groups -OCH3 is 2. The van der Waals surface area contributed by atoms with Crippen LogP contribution in [0.1, 0.15) is 12.7 Å². The second kappa shape index (κ2) is 8.38. The largest absolute Gasteiger partial charge is 0.493 e. The van der Waals surface area contributed by atoms with Gasteiger partial charge in [-0.1, -0.05) is 0 Å². The van der Waals surface area contributed by atoms with Gasteiger partial charge >= 0.3 is 0 Å². The highest BCUT2D eigenvalue weighted by Crippen LogP contribution is 2.30. The van der Waals surface area contributed by atoms with Crippen molar-refractivity contribution in [3.63, 3.8) is 0 Å². The zero-order valence-corrected chi connectivity index (χ0v) is 15.0. The number of rotatable bonds is 7. The molecule has 0 saturated heterocycles. The second-order valence-electron chi connectivity index (χ2n) is 4.98. The molecule has 9 nitrogen and oxygen atoms in total. The minimum atomic E-state index is -0.340. The van der Waals surface area contributed by atoms with Crippen LogP contribution >= 0.6 is 11.8 Å². The molecule has 0 fully saturated rings. The minimum Gasteiger partial charge on any atom is -0.493 e. The van der Waals surface area contributed by atoms with Crippen molar-refractivity contribution in [1.82, 2.24) is 15.0 Å². The van der Waals surface area contributed by atoms with Gasteiger partial charge in [0.25, 0.3) is 0 Å². The molecule has 0 radical (unpaired) electrons. The first kappa shape index (κ1) is 18.6. The van der Waals surface area contributed by atoms with Crippen molar-refractivity contribution in [3.8, 4) is 11.5 Å². The van der Waals surface area contributed by atoms with Gasteiger partial charge in [-0.2, -0.15) is 15.0 Å². The van der Waals surface area contributed by atoms with Crippen molar-refractivity contribution in [2.45, 2.75) is 17.9 Å². The molecule has 1 atom stereocenters. The van der Waals surface area contributed by atoms with Crippen molar-refractivity contribution in [2.24, 2.45) is 0 Å². The molecule has 1 aromatic heterocycles. The topological polar surface area (TPSA) is 138 Å². The normalized spacial score (nSPS) is 11.6. The summed E-state index contributed by atoms with van der Waals surface area (Å²) in [5.74, 6) is 1.91. The third kappa shape index (κ3) is 5.11. The van der Waals surface area contributed by atoms with Crippen molar-refractivity contribution in [1.29, 1.82) is 0 Å². The van der Waals surface area contributed by atoms with E-state index in [0.29, 0.717) is 28.8 Å². The van der Waals surface area contributed by atoms with Gasteiger partial charge < -0.3 is 26.3 Å². The van der Waals surface area contributed by atoms with E-state index in [1.54, 1.807) is 32.2 Å². The van der Waals surface area contributed by atoms with Gasteiger partial charge in [-0.05, 0) is 19.1 Å². The van der Waals surface area contributed by atoms with Gasteiger partial charge in [-0.25, -0.2) is 0 Å². The number of hydrogen-bond acceptors (Lipinski definition) is 9. The van der Waals surface area contributed by atoms with Crippen LogP contribution in [0.5, 0.6) is 11.5 Å². The summed E-state index contributed by atoms with van der Waals surface area (Å²) in [5, 5.41) is 2.49. The van der Waals surface area contributed by atoms with Crippen LogP contribution in [0, 0.1) is 0 Å². The summed E-state index contributed by atoms with van der Waals surface area (Å²) >= 11 is 1.36. The molecule has 0 aliphatic heterocycles. The number of carbonyl (C=O) groups is 1. The van der Waals surface area contributed by atoms with Gasteiger partial charge in [0, 0.05) is 11.8 Å². The summed E-state index contributed by atoms with van der Waals surface area (Å²) in [6, 6.07) is 5.16. The number of nitrogens with one attached hydrogen (secondary N) is 1. The van der Waals surface area contributed by atoms with Crippen molar-refractivity contribution >= 4 is 35.3 Å². The molecule has 1 aromatic carbocycles. The van der Waals surface area contributed by atoms with Gasteiger partial charge in [0.05, 0.1) is 25.2 Å². The zero-order chi connectivity index (χ0) is 18.4. The average Bonchev–Trinajstić information content (AvgIpc) is 2.58. The molecular weight excluding hydrogens is 344 g/mol. The van der Waals surface area contributed by atoms with Crippen LogP contribution in [0.15, 0.2) is 18.2 Å². The highest BCUT2D eigenvalue weighted by atomic mass is 32.2. The minimum absolute atomic E-state index is 0.0607. The highest BCUT2D eigenvalue weighted by Gasteiger charge is 2.16. The monoisotopic (exact) mass is 364 g/mol. The van der Waals surface area contributed by atoms with Crippen LogP contribution in [-0.4, -0.2) is 40.3 Å². The third-order valence-electron chi connectivity index (χ3n) is 3.20. The Hall–Kier alpha value is -2.75. The summed E-state index contributed by atoms with van der Waals surface area (Å²) in [7, 11) is 3.09. The number of carbonyl (C=O) groups excluding carboxylic acids is 1. The quantitative estimate of drug-likeness (QED) is 0.663. The maximum Gasteiger partial charge on any atom is 0.237 e. The first-order valence-corrected chi connectivity index (χ1v) is 8.38. The van der Waals surface area contributed by atoms with Crippen LogP contribution in [0.3, 0.4) is 0 Å². The van der Waals surface area contributed by atoms with E-state index < -0.39 is 0 Å². The smallest absolute Gasteiger partial charge is 0.237 e. The van der Waals surface area contributed by atoms with E-state index in [0.717, 1.165) is 0 Å². The Morgan fingerprint density at radius 3 is 2.40 bits per heavy atom. The molecule has 134 valence electrons. The van der Waals surface area contributed by atoms with E-state index in [9.17, 15) is 4.79 Å². The number of nitrogens with zero attached hydrogens (tertiary/aromatic N) is 3. The van der Waals surface area contributed by atoms with Gasteiger partial charge in [0.2, 0.25) is 17.8 Å². The maximum absolute atomic E-state index is 12.3. The average molecular weight is 364 g/mol. The molecule has 1 amide bonds. The predicted molar refractivity (Wildman–Crippen MR) is 97.6 cm³/mol. The second-order valence-corrected chi connectivity index (χ2v) is 6.31. The van der Waals surface area contributed by atoms with E-state index in [2.05, 4.69) is 20.3 Å². The lowest BCUT2D eigenvalue weighted by Gasteiger charge is -2.13. The van der Waals surface area contributed by atoms with Gasteiger partial charge in [-0.3, -0.25) is 4.79 Å². The lowest BCUT2D eigenvalue weighted by atomic mass is 10.2. The van der Waals surface area contributed by atoms with E-state index in [4.69, 9.17) is 20.9 Å². The molecule has 2 rings (SSSR count). The summed E-state index contributed by atoms with van der Waals surface area (Å²) in [6.07, 6.45) is 0. The summed E-state index contributed by atoms with van der Waals surface area (Å²) in [5.41, 5.74) is 11.7. The molecule has 0 aliphatic carbocycles. The molecule has 0 saturated carbocycles. The van der Waals surface area contributed by atoms with Crippen LogP contribution < -0.4 is 26.3 Å². The number of aromatic nitrogens is 3. The summed E-state index contributed by atoms with van der Waals surface area (Å²) in [4.78, 5) is 24.0. The van der Waals surface area contributed by atoms with Gasteiger partial charge in [0.1, 0.15) is 5.82 Å². The third-order valence-corrected chi connectivity index (χ3v) is 4.34. The Balaban J connectivity index is 1.96. The molecule has 0 spiro atoms. The van der Waals surface area contributed by atoms with E-state index in [1.807, 2.05) is 0 Å². The molecule has 1 heterocycles. The van der Waals surface area contributed by atoms with Crippen LogP contribution in [-0.2, 0) is 10.5 Å². The fourth-order valence-corrected chi connectivity index (χ4v) is 2.69. The van der Waals surface area contributed by atoms with E-state index in [-0.39, 0.29) is 23.1 Å². The number of hydrogen-bond donors (Lipinski definition) is 3. The number of anilines is 3. The SMILES string of the molecule is COc1ccc(NC(=O)[C@@H](C)SCc2nc(N)nc(N)n2)cc1OC. The Kier molecular flexibility index (Phi) is 6.23. The molecule has 2 aromatic rings. The molecule has 0 aliphatic rings. The molecular formula is C15H20N6O3S. The standard InChI is InChI=1S/C15H20N6O3S/c1-8(25-7-12-19-14(16)21-15(17)20-12)13(22)18-9-4-5-10(23-2)11(6-9)24-3/h4-6,8H,7H2,1-3H3,(H,18,22)(H4,16,17,19,20,21)/t8-/m1/s1. The number of benzene rings is 1. The number of amides is 1. The summed E-state index contributed by atoms with van der Waals surface area (Å²) in [6.45, 7) is 1.79. The van der Waals surface area contributed by atoms with Gasteiger partial charge in [-0.15, -0.1) is 11.8 Å². The fraction of sp³-hybridized carbons (Fsp3) is 0.333. The van der Waals surface area contributed by atoms with Crippen molar-refractivity contribution in [3.05, 3.63) is 24.0 Å². The Bertz CT molecular complexity index is 738. The number of nitrogen functional groups attached to an aromatic ring is 2. The lowest BCUT2D eigenvalue weighted by molar-refractivity contribution is -0.115. The first-order chi connectivity index (χ1) is 11.9. The predicted octanol–water partition coefficient (Wildman–Crippen LogP) is 1.31. The number of nitrogens with two attached hydrogens (primary N) is 2. The van der Waals surface area contributed by atoms with Crippen LogP contribution in [0.25, 0.3) is 0 Å². The number of ether oxygens (including phenoxy) is 2. The Labute approximate surface area is 149 Å². The van der Waals surface area contributed by atoms with E-state index in [1.165, 1.54) is 18.9 Å². The zero-order valence-electron chi connectivity index (χ0n) is 14.1. The van der Waals surface area contributed by atoms with E-state index >= 15 is 0 Å². The van der Waals surface area contributed by atoms with Crippen LogP contribution in [0.2, 0.25) is 0 Å². The molecule has 25 heavy (non-hydrogen) atoms. The highest BCUT2D eigenvalue weighted by molar-refractivity contribution is 7.99. The maximum atomic E-state index is 12.3. The molecule has 5 N–H and O–H groups in total. The molecule has 0 unspecified atom stereocenters. The lowest BCUT2D eigenvalue weighted by Crippen LogP contribution is -2.22. The van der Waals surface area contributed by atoms with Crippen molar-refractivity contribution in [2.75, 3.05) is 31.0 Å². The molecule has 0 bridgehead atoms. The van der Waals surface area contributed by atoms with Crippen molar-refractivity contribution < 1.29 is 14.3 Å².